The molecule has 4 aromatic rings. The van der Waals surface area contributed by atoms with Crippen molar-refractivity contribution in [1.82, 2.24) is 0 Å². The van der Waals surface area contributed by atoms with Gasteiger partial charge < -0.3 is 0 Å². The van der Waals surface area contributed by atoms with Crippen LogP contribution in [-0.4, -0.2) is 0 Å². The van der Waals surface area contributed by atoms with Crippen molar-refractivity contribution < 1.29 is 0 Å². The second-order valence-corrected chi connectivity index (χ2v) is 5.66. The topological polar surface area (TPSA) is 0 Å². The quantitative estimate of drug-likeness (QED) is 0.346. The molecule has 0 saturated heterocycles. The Balaban J connectivity index is 0.000000151. The summed E-state index contributed by atoms with van der Waals surface area (Å²) >= 11 is 0. The van der Waals surface area contributed by atoms with Gasteiger partial charge in [0.25, 0.3) is 0 Å². The first-order valence-electron chi connectivity index (χ1n) is 7.83. The van der Waals surface area contributed by atoms with E-state index in [1.807, 2.05) is 6.08 Å². The average Bonchev–Trinajstić information content (AvgIpc) is 2.61. The predicted molar refractivity (Wildman–Crippen MR) is 103 cm³/mol. The molecule has 112 valence electrons. The highest BCUT2D eigenvalue weighted by Gasteiger charge is 1.95. The normalized spacial score (nSPS) is 10.1. The molecule has 0 aliphatic carbocycles. The lowest BCUT2D eigenvalue weighted by Gasteiger charge is -2.00. The summed E-state index contributed by atoms with van der Waals surface area (Å²) < 4.78 is 0. The van der Waals surface area contributed by atoms with Crippen LogP contribution in [0.4, 0.5) is 0 Å². The lowest BCUT2D eigenvalue weighted by Crippen LogP contribution is -1.74. The van der Waals surface area contributed by atoms with Crippen molar-refractivity contribution >= 4 is 27.6 Å². The van der Waals surface area contributed by atoms with E-state index in [2.05, 4.69) is 98.4 Å². The summed E-state index contributed by atoms with van der Waals surface area (Å²) in [5, 5.41) is 5.25. The van der Waals surface area contributed by atoms with Gasteiger partial charge in [-0.25, -0.2) is 0 Å². The molecule has 0 fully saturated rings. The highest BCUT2D eigenvalue weighted by Crippen LogP contribution is 2.22. The molecule has 0 aromatic heterocycles. The van der Waals surface area contributed by atoms with Crippen LogP contribution < -0.4 is 0 Å². The van der Waals surface area contributed by atoms with Crippen LogP contribution in [0.25, 0.3) is 27.6 Å². The summed E-state index contributed by atoms with van der Waals surface area (Å²) in [5.41, 5.74) is 2.47. The van der Waals surface area contributed by atoms with Gasteiger partial charge in [-0.1, -0.05) is 91.0 Å². The van der Waals surface area contributed by atoms with Gasteiger partial charge in [0.1, 0.15) is 0 Å². The fourth-order valence-corrected chi connectivity index (χ4v) is 2.59. The summed E-state index contributed by atoms with van der Waals surface area (Å²) in [6.07, 6.45) is 1.85. The molecule has 4 aromatic carbocycles. The van der Waals surface area contributed by atoms with E-state index < -0.39 is 0 Å². The highest BCUT2D eigenvalue weighted by atomic mass is 14.0. The summed E-state index contributed by atoms with van der Waals surface area (Å²) in [6.45, 7) is 5.74. The SMILES string of the molecule is C=Cc1ccc(C)cc1.c1ccc2cc3ccccc3cc2c1. The number of rotatable bonds is 1. The van der Waals surface area contributed by atoms with Crippen molar-refractivity contribution in [1.29, 1.82) is 0 Å². The largest absolute Gasteiger partial charge is 0.0985 e. The molecular formula is C23H20. The number of hydrogen-bond donors (Lipinski definition) is 0. The summed E-state index contributed by atoms with van der Waals surface area (Å²) in [7, 11) is 0. The van der Waals surface area contributed by atoms with Crippen LogP contribution in [0.1, 0.15) is 11.1 Å². The molecule has 0 heteroatoms. The van der Waals surface area contributed by atoms with Crippen LogP contribution >= 0.6 is 0 Å². The molecule has 0 N–H and O–H groups in total. The van der Waals surface area contributed by atoms with Crippen molar-refractivity contribution in [3.63, 3.8) is 0 Å². The molecule has 0 spiro atoms. The maximum absolute atomic E-state index is 3.66. The van der Waals surface area contributed by atoms with Gasteiger partial charge in [-0.15, -0.1) is 0 Å². The molecule has 0 unspecified atom stereocenters. The van der Waals surface area contributed by atoms with Gasteiger partial charge in [0, 0.05) is 0 Å². The van der Waals surface area contributed by atoms with E-state index in [1.165, 1.54) is 32.7 Å². The molecule has 0 aliphatic heterocycles. The Morgan fingerprint density at radius 1 is 0.609 bits per heavy atom. The maximum atomic E-state index is 3.66. The van der Waals surface area contributed by atoms with Crippen molar-refractivity contribution in [2.45, 2.75) is 6.92 Å². The fourth-order valence-electron chi connectivity index (χ4n) is 2.59. The van der Waals surface area contributed by atoms with Crippen molar-refractivity contribution in [3.05, 3.63) is 103 Å². The monoisotopic (exact) mass is 296 g/mol. The average molecular weight is 296 g/mol. The zero-order valence-electron chi connectivity index (χ0n) is 13.4. The first-order valence-corrected chi connectivity index (χ1v) is 7.83. The van der Waals surface area contributed by atoms with Crippen LogP contribution in [0.2, 0.25) is 0 Å². The Kier molecular flexibility index (Phi) is 4.54. The van der Waals surface area contributed by atoms with Crippen LogP contribution in [0, 0.1) is 6.92 Å². The smallest absolute Gasteiger partial charge is 0.0178 e. The van der Waals surface area contributed by atoms with Gasteiger partial charge in [-0.2, -0.15) is 0 Å². The molecular weight excluding hydrogens is 276 g/mol. The molecule has 4 rings (SSSR count). The van der Waals surface area contributed by atoms with Gasteiger partial charge >= 0.3 is 0 Å². The zero-order valence-corrected chi connectivity index (χ0v) is 13.4. The Labute approximate surface area is 137 Å². The zero-order chi connectivity index (χ0) is 16.1. The molecule has 0 radical (unpaired) electrons. The third kappa shape index (κ3) is 3.67. The van der Waals surface area contributed by atoms with E-state index in [-0.39, 0.29) is 0 Å². The minimum absolute atomic E-state index is 1.18. The molecule has 0 atom stereocenters. The number of fused-ring (bicyclic) bond motifs is 2. The van der Waals surface area contributed by atoms with Gasteiger partial charge in [0.05, 0.1) is 0 Å². The third-order valence-electron chi connectivity index (χ3n) is 3.93. The van der Waals surface area contributed by atoms with E-state index in [0.29, 0.717) is 0 Å². The van der Waals surface area contributed by atoms with E-state index in [1.54, 1.807) is 0 Å². The van der Waals surface area contributed by atoms with Crippen LogP contribution in [0.15, 0.2) is 91.5 Å². The lowest BCUT2D eigenvalue weighted by molar-refractivity contribution is 1.46. The van der Waals surface area contributed by atoms with E-state index in [9.17, 15) is 0 Å². The number of hydrogen-bond acceptors (Lipinski definition) is 0. The van der Waals surface area contributed by atoms with E-state index in [0.717, 1.165) is 0 Å². The van der Waals surface area contributed by atoms with E-state index in [4.69, 9.17) is 0 Å². The minimum atomic E-state index is 1.18. The molecule has 23 heavy (non-hydrogen) atoms. The Bertz CT molecular complexity index is 826. The van der Waals surface area contributed by atoms with Gasteiger partial charge in [0.2, 0.25) is 0 Å². The number of aryl methyl sites for hydroxylation is 1. The second kappa shape index (κ2) is 6.93. The van der Waals surface area contributed by atoms with Crippen LogP contribution in [0.5, 0.6) is 0 Å². The highest BCUT2D eigenvalue weighted by molar-refractivity contribution is 5.98. The maximum Gasteiger partial charge on any atom is -0.0178 e. The second-order valence-electron chi connectivity index (χ2n) is 5.66. The third-order valence-corrected chi connectivity index (χ3v) is 3.93. The Hall–Kier alpha value is -2.86. The lowest BCUT2D eigenvalue weighted by atomic mass is 10.0. The molecule has 0 saturated carbocycles. The first-order chi connectivity index (χ1) is 11.3. The molecule has 0 bridgehead atoms. The minimum Gasteiger partial charge on any atom is -0.0985 e. The Morgan fingerprint density at radius 2 is 1.00 bits per heavy atom. The number of benzene rings is 4. The predicted octanol–water partition coefficient (Wildman–Crippen LogP) is 6.63. The summed E-state index contributed by atoms with van der Waals surface area (Å²) in [6, 6.07) is 29.7. The molecule has 0 heterocycles. The summed E-state index contributed by atoms with van der Waals surface area (Å²) in [4.78, 5) is 0. The molecule has 0 amide bonds. The van der Waals surface area contributed by atoms with Gasteiger partial charge in [-0.05, 0) is 46.2 Å². The first kappa shape index (κ1) is 15.1. The molecule has 0 aliphatic rings. The van der Waals surface area contributed by atoms with Crippen molar-refractivity contribution in [3.8, 4) is 0 Å². The van der Waals surface area contributed by atoms with Crippen LogP contribution in [0.3, 0.4) is 0 Å². The van der Waals surface area contributed by atoms with Gasteiger partial charge in [0.15, 0.2) is 0 Å². The van der Waals surface area contributed by atoms with Crippen molar-refractivity contribution in [2.24, 2.45) is 0 Å². The summed E-state index contributed by atoms with van der Waals surface area (Å²) in [5.74, 6) is 0. The standard InChI is InChI=1S/C14H10.C9H10/c1-2-6-12-10-14-8-4-3-7-13(14)9-11(12)5-1;1-3-9-6-4-8(2)5-7-9/h1-10H;3-7H,1H2,2H3. The Morgan fingerprint density at radius 3 is 1.35 bits per heavy atom. The molecule has 0 nitrogen and oxygen atoms in total. The van der Waals surface area contributed by atoms with Gasteiger partial charge in [-0.3, -0.25) is 0 Å². The van der Waals surface area contributed by atoms with Crippen molar-refractivity contribution in [2.75, 3.05) is 0 Å². The fraction of sp³-hybridized carbons (Fsp3) is 0.0435. The van der Waals surface area contributed by atoms with Crippen LogP contribution in [-0.2, 0) is 0 Å². The van der Waals surface area contributed by atoms with E-state index >= 15 is 0 Å².